The van der Waals surface area contributed by atoms with Gasteiger partial charge in [-0.2, -0.15) is 0 Å². The van der Waals surface area contributed by atoms with Crippen LogP contribution in [0.2, 0.25) is 5.02 Å². The van der Waals surface area contributed by atoms with Gasteiger partial charge in [0.25, 0.3) is 17.5 Å². The highest BCUT2D eigenvalue weighted by Gasteiger charge is 2.66. The van der Waals surface area contributed by atoms with Gasteiger partial charge in [0.05, 0.1) is 5.02 Å². The number of imide groups is 1. The second kappa shape index (κ2) is 6.08. The van der Waals surface area contributed by atoms with Crippen molar-refractivity contribution in [2.24, 2.45) is 0 Å². The van der Waals surface area contributed by atoms with E-state index in [9.17, 15) is 19.5 Å². The van der Waals surface area contributed by atoms with E-state index in [1.807, 2.05) is 0 Å². The fourth-order valence-electron chi connectivity index (χ4n) is 2.96. The number of hydrogen-bond donors (Lipinski definition) is 2. The normalized spacial score (nSPS) is 30.6. The third-order valence-corrected chi connectivity index (χ3v) is 11.0. The monoisotopic (exact) mass is 436 g/mol. The van der Waals surface area contributed by atoms with E-state index < -0.39 is 34.1 Å². The lowest BCUT2D eigenvalue weighted by molar-refractivity contribution is -0.179. The van der Waals surface area contributed by atoms with Crippen LogP contribution in [0, 0.1) is 0 Å². The first-order valence-electron chi connectivity index (χ1n) is 6.88. The molecule has 3 amide bonds. The number of phenolic OH excluding ortho intramolecular Hbond substituents is 1. The topological polar surface area (TPSA) is 95.9 Å². The molecule has 1 aromatic rings. The molecule has 25 heavy (non-hydrogen) atoms. The molecule has 1 spiro atoms. The maximum absolute atomic E-state index is 13.0. The minimum absolute atomic E-state index is 0.0988. The quantitative estimate of drug-likeness (QED) is 0.595. The van der Waals surface area contributed by atoms with E-state index in [0.29, 0.717) is 5.56 Å². The number of hydrogen-bond acceptors (Lipinski definition) is 9. The molecule has 0 aliphatic carbocycles. The fourth-order valence-corrected chi connectivity index (χ4v) is 9.86. The summed E-state index contributed by atoms with van der Waals surface area (Å²) in [6.45, 7) is 1.22. The lowest BCUT2D eigenvalue weighted by Gasteiger charge is -2.44. The Balaban J connectivity index is 1.95. The second-order valence-electron chi connectivity index (χ2n) is 5.39. The molecule has 0 aromatic heterocycles. The number of amides is 3. The van der Waals surface area contributed by atoms with Gasteiger partial charge in [-0.1, -0.05) is 22.4 Å². The molecule has 4 aliphatic rings. The smallest absolute Gasteiger partial charge is 0.289 e. The number of carbonyl (C=O) groups excluding carboxylic acids is 3. The summed E-state index contributed by atoms with van der Waals surface area (Å²) in [6.07, 6.45) is 0. The van der Waals surface area contributed by atoms with E-state index in [0.717, 1.165) is 4.90 Å². The predicted octanol–water partition coefficient (Wildman–Crippen LogP) is 2.70. The van der Waals surface area contributed by atoms with Crippen molar-refractivity contribution in [2.75, 3.05) is 0 Å². The first-order chi connectivity index (χ1) is 11.9. The lowest BCUT2D eigenvalue weighted by Crippen LogP contribution is -2.73. The fraction of sp³-hybridized carbons (Fsp3) is 0.308. The van der Waals surface area contributed by atoms with Crippen LogP contribution in [0.15, 0.2) is 12.1 Å². The summed E-state index contributed by atoms with van der Waals surface area (Å²) in [4.78, 5) is 38.9. The number of rotatable bonds is 0. The van der Waals surface area contributed by atoms with E-state index >= 15 is 0 Å². The van der Waals surface area contributed by atoms with Crippen LogP contribution in [0.1, 0.15) is 17.7 Å². The number of nitrogens with one attached hydrogen (secondary N) is 1. The summed E-state index contributed by atoms with van der Waals surface area (Å²) >= 11 is 6.01. The first-order valence-corrected chi connectivity index (χ1v) is 12.2. The van der Waals surface area contributed by atoms with Crippen LogP contribution >= 0.6 is 52.8 Å². The molecule has 3 atom stereocenters. The maximum atomic E-state index is 13.0. The Morgan fingerprint density at radius 1 is 1.36 bits per heavy atom. The number of carbonyl (C=O) groups is 3. The Kier molecular flexibility index (Phi) is 4.27. The molecular weight excluding hydrogens is 428 g/mol. The van der Waals surface area contributed by atoms with Crippen molar-refractivity contribution in [2.45, 2.75) is 23.3 Å². The van der Waals surface area contributed by atoms with Gasteiger partial charge in [-0.05, 0) is 36.5 Å². The number of ether oxygens (including phenoxy) is 1. The molecule has 3 saturated heterocycles. The van der Waals surface area contributed by atoms with Crippen molar-refractivity contribution in [3.8, 4) is 11.5 Å². The van der Waals surface area contributed by atoms with Gasteiger partial charge in [0.1, 0.15) is 16.7 Å². The molecule has 132 valence electrons. The zero-order valence-corrected chi connectivity index (χ0v) is 16.4. The summed E-state index contributed by atoms with van der Waals surface area (Å²) in [5.41, 5.74) is -1.30. The molecule has 3 fully saturated rings. The molecular formula is C13H9ClN2O5S4. The number of piperazine rings is 1. The van der Waals surface area contributed by atoms with Gasteiger partial charge >= 0.3 is 0 Å². The summed E-state index contributed by atoms with van der Waals surface area (Å²) in [5, 5.41) is 11.0. The Morgan fingerprint density at radius 2 is 2.08 bits per heavy atom. The Hall–Kier alpha value is -0.880. The van der Waals surface area contributed by atoms with Crippen LogP contribution in [-0.2, 0) is 14.4 Å². The van der Waals surface area contributed by atoms with Crippen molar-refractivity contribution < 1.29 is 24.2 Å². The zero-order valence-electron chi connectivity index (χ0n) is 12.3. The van der Waals surface area contributed by atoms with Crippen LogP contribution in [0.25, 0.3) is 0 Å². The van der Waals surface area contributed by atoms with Crippen molar-refractivity contribution in [1.29, 1.82) is 0 Å². The number of nitrogens with zero attached hydrogens (tertiary/aromatic N) is 1. The molecule has 0 saturated carbocycles. The Labute approximate surface area is 162 Å². The van der Waals surface area contributed by atoms with Crippen molar-refractivity contribution in [3.05, 3.63) is 22.7 Å². The summed E-state index contributed by atoms with van der Waals surface area (Å²) < 4.78 is 5.87. The van der Waals surface area contributed by atoms with Gasteiger partial charge in [-0.3, -0.25) is 14.4 Å². The van der Waals surface area contributed by atoms with E-state index in [4.69, 9.17) is 16.3 Å². The molecule has 3 unspecified atom stereocenters. The van der Waals surface area contributed by atoms with Crippen LogP contribution in [0.5, 0.6) is 11.5 Å². The first kappa shape index (κ1) is 17.5. The Bertz CT molecular complexity index is 824. The van der Waals surface area contributed by atoms with Gasteiger partial charge in [0.15, 0.2) is 5.37 Å². The average molecular weight is 437 g/mol. The Morgan fingerprint density at radius 3 is 2.80 bits per heavy atom. The molecule has 7 nitrogen and oxygen atoms in total. The molecule has 2 N–H and O–H groups in total. The number of halogens is 1. The third-order valence-electron chi connectivity index (χ3n) is 3.96. The van der Waals surface area contributed by atoms with Gasteiger partial charge < -0.3 is 15.2 Å². The molecule has 1 aromatic carbocycles. The highest BCUT2D eigenvalue weighted by Crippen LogP contribution is 2.63. The predicted molar refractivity (Wildman–Crippen MR) is 99.0 cm³/mol. The van der Waals surface area contributed by atoms with Crippen LogP contribution in [-0.4, -0.2) is 38.8 Å². The van der Waals surface area contributed by atoms with Crippen molar-refractivity contribution in [1.82, 2.24) is 10.2 Å². The van der Waals surface area contributed by atoms with E-state index in [-0.39, 0.29) is 16.5 Å². The molecule has 2 bridgehead atoms. The summed E-state index contributed by atoms with van der Waals surface area (Å²) in [7, 11) is 5.18. The number of aromatic hydroxyl groups is 1. The molecule has 4 aliphatic heterocycles. The SMILES string of the molecule is CC(=O)N1C(=O)C2NC(=O)C13Oc1cc(O)c(Cl)cc1C3SSSS2. The van der Waals surface area contributed by atoms with Gasteiger partial charge in [0, 0.05) is 18.6 Å². The summed E-state index contributed by atoms with van der Waals surface area (Å²) in [5.74, 6) is -1.70. The van der Waals surface area contributed by atoms with Crippen LogP contribution in [0.3, 0.4) is 0 Å². The minimum Gasteiger partial charge on any atom is -0.506 e. The average Bonchev–Trinajstić information content (AvgIpc) is 2.87. The largest absolute Gasteiger partial charge is 0.506 e. The third kappa shape index (κ3) is 2.43. The van der Waals surface area contributed by atoms with Crippen molar-refractivity contribution >= 4 is 70.6 Å². The zero-order chi connectivity index (χ0) is 17.9. The van der Waals surface area contributed by atoms with Crippen LogP contribution < -0.4 is 10.1 Å². The summed E-state index contributed by atoms with van der Waals surface area (Å²) in [6, 6.07) is 2.79. The molecule has 0 radical (unpaired) electrons. The number of phenols is 1. The molecule has 4 heterocycles. The molecule has 12 heteroatoms. The number of benzene rings is 1. The van der Waals surface area contributed by atoms with Gasteiger partial charge in [-0.15, -0.1) is 0 Å². The van der Waals surface area contributed by atoms with E-state index in [1.54, 1.807) is 0 Å². The van der Waals surface area contributed by atoms with E-state index in [2.05, 4.69) is 5.32 Å². The number of fused-ring (bicyclic) bond motifs is 6. The lowest BCUT2D eigenvalue weighted by atomic mass is 9.99. The highest BCUT2D eigenvalue weighted by atomic mass is 35.5. The molecule has 5 rings (SSSR count). The second-order valence-corrected chi connectivity index (χ2v) is 11.8. The van der Waals surface area contributed by atoms with Gasteiger partial charge in [0.2, 0.25) is 5.91 Å². The van der Waals surface area contributed by atoms with Gasteiger partial charge in [-0.25, -0.2) is 4.90 Å². The van der Waals surface area contributed by atoms with Crippen molar-refractivity contribution in [3.63, 3.8) is 0 Å². The maximum Gasteiger partial charge on any atom is 0.289 e. The van der Waals surface area contributed by atoms with E-state index in [1.165, 1.54) is 60.3 Å². The van der Waals surface area contributed by atoms with Crippen LogP contribution in [0.4, 0.5) is 0 Å². The highest BCUT2D eigenvalue weighted by molar-refractivity contribution is 9.26. The standard InChI is InChI=1S/C13H9ClN2O5S4/c1-4(17)16-11(19)10-15-12(20)13(16)9(22-24-25-23-10)5-2-6(14)7(18)3-8(5)21-13/h2-3,9-10,18H,1H3,(H,15,20). The minimum atomic E-state index is -1.85.